The summed E-state index contributed by atoms with van der Waals surface area (Å²) in [5, 5.41) is 3.58. The Morgan fingerprint density at radius 1 is 1.37 bits per heavy atom. The molecule has 2 fully saturated rings. The molecule has 1 aromatic rings. The maximum atomic E-state index is 12.1. The van der Waals surface area contributed by atoms with E-state index in [-0.39, 0.29) is 5.91 Å². The van der Waals surface area contributed by atoms with Crippen molar-refractivity contribution in [3.8, 4) is 0 Å². The Morgan fingerprint density at radius 2 is 2.21 bits per heavy atom. The number of benzene rings is 1. The first-order valence-electron chi connectivity index (χ1n) is 6.86. The molecule has 4 heteroatoms. The summed E-state index contributed by atoms with van der Waals surface area (Å²) in [5.41, 5.74) is 0.779. The minimum Gasteiger partial charge on any atom is -0.326 e. The van der Waals surface area contributed by atoms with Gasteiger partial charge in [0.15, 0.2) is 0 Å². The summed E-state index contributed by atoms with van der Waals surface area (Å²) in [5.74, 6) is 2.41. The second kappa shape index (κ2) is 5.45. The van der Waals surface area contributed by atoms with Gasteiger partial charge in [0.25, 0.3) is 0 Å². The van der Waals surface area contributed by atoms with Crippen molar-refractivity contribution >= 4 is 39.1 Å². The number of hydrogen-bond acceptors (Lipinski definition) is 1. The molecule has 0 heterocycles. The van der Waals surface area contributed by atoms with E-state index in [2.05, 4.69) is 21.2 Å². The summed E-state index contributed by atoms with van der Waals surface area (Å²) in [6, 6.07) is 5.51. The Labute approximate surface area is 127 Å². The largest absolute Gasteiger partial charge is 0.326 e. The monoisotopic (exact) mass is 341 g/mol. The fourth-order valence-electron chi connectivity index (χ4n) is 3.65. The summed E-state index contributed by atoms with van der Waals surface area (Å²) in [6.45, 7) is 0. The number of fused-ring (bicyclic) bond motifs is 2. The zero-order valence-electron chi connectivity index (χ0n) is 10.7. The van der Waals surface area contributed by atoms with Crippen LogP contribution in [0.25, 0.3) is 0 Å². The molecule has 0 aliphatic heterocycles. The number of hydrogen-bond donors (Lipinski definition) is 1. The number of amides is 1. The highest BCUT2D eigenvalue weighted by Crippen LogP contribution is 2.49. The number of halogens is 2. The van der Waals surface area contributed by atoms with Crippen LogP contribution in [0, 0.1) is 17.8 Å². The van der Waals surface area contributed by atoms with Gasteiger partial charge in [0.2, 0.25) is 5.91 Å². The number of nitrogens with one attached hydrogen (secondary N) is 1. The van der Waals surface area contributed by atoms with Crippen LogP contribution in [-0.2, 0) is 4.79 Å². The van der Waals surface area contributed by atoms with Crippen LogP contribution < -0.4 is 5.32 Å². The van der Waals surface area contributed by atoms with Gasteiger partial charge in [-0.05, 0) is 71.1 Å². The molecule has 3 unspecified atom stereocenters. The lowest BCUT2D eigenvalue weighted by molar-refractivity contribution is -0.117. The van der Waals surface area contributed by atoms with Crippen LogP contribution in [0.3, 0.4) is 0 Å². The summed E-state index contributed by atoms with van der Waals surface area (Å²) in [7, 11) is 0. The number of anilines is 1. The van der Waals surface area contributed by atoms with Gasteiger partial charge in [-0.1, -0.05) is 18.0 Å². The molecule has 3 atom stereocenters. The van der Waals surface area contributed by atoms with Gasteiger partial charge in [0.05, 0.1) is 5.02 Å². The van der Waals surface area contributed by atoms with Gasteiger partial charge in [-0.15, -0.1) is 0 Å². The first-order chi connectivity index (χ1) is 9.11. The first kappa shape index (κ1) is 13.4. The van der Waals surface area contributed by atoms with E-state index in [0.29, 0.717) is 17.4 Å². The Morgan fingerprint density at radius 3 is 2.84 bits per heavy atom. The SMILES string of the molecule is O=C(CC1CC2CCC1C2)Nc1ccc(Br)c(Cl)c1. The third-order valence-electron chi connectivity index (χ3n) is 4.54. The smallest absolute Gasteiger partial charge is 0.224 e. The van der Waals surface area contributed by atoms with Crippen molar-refractivity contribution in [2.24, 2.45) is 17.8 Å². The topological polar surface area (TPSA) is 29.1 Å². The van der Waals surface area contributed by atoms with E-state index in [1.165, 1.54) is 25.7 Å². The van der Waals surface area contributed by atoms with Crippen LogP contribution in [0.5, 0.6) is 0 Å². The molecule has 1 amide bonds. The lowest BCUT2D eigenvalue weighted by Crippen LogP contribution is -2.20. The molecule has 0 spiro atoms. The third kappa shape index (κ3) is 2.97. The Bertz CT molecular complexity index is 505. The van der Waals surface area contributed by atoms with Gasteiger partial charge < -0.3 is 5.32 Å². The van der Waals surface area contributed by atoms with Crippen LogP contribution in [0.1, 0.15) is 32.1 Å². The predicted molar refractivity (Wildman–Crippen MR) is 81.3 cm³/mol. The zero-order chi connectivity index (χ0) is 13.4. The van der Waals surface area contributed by atoms with E-state index >= 15 is 0 Å². The van der Waals surface area contributed by atoms with Crippen LogP contribution in [-0.4, -0.2) is 5.91 Å². The van der Waals surface area contributed by atoms with Crippen molar-refractivity contribution in [3.05, 3.63) is 27.7 Å². The second-order valence-corrected chi connectivity index (χ2v) is 7.08. The average molecular weight is 343 g/mol. The fourth-order valence-corrected chi connectivity index (χ4v) is 4.08. The molecular formula is C15H17BrClNO. The van der Waals surface area contributed by atoms with Gasteiger partial charge in [0.1, 0.15) is 0 Å². The van der Waals surface area contributed by atoms with Gasteiger partial charge in [-0.2, -0.15) is 0 Å². The van der Waals surface area contributed by atoms with E-state index in [9.17, 15) is 4.79 Å². The summed E-state index contributed by atoms with van der Waals surface area (Å²) in [4.78, 5) is 12.1. The molecule has 2 saturated carbocycles. The van der Waals surface area contributed by atoms with Gasteiger partial charge >= 0.3 is 0 Å². The molecule has 2 nitrogen and oxygen atoms in total. The maximum absolute atomic E-state index is 12.1. The quantitative estimate of drug-likeness (QED) is 0.834. The van der Waals surface area contributed by atoms with E-state index in [1.54, 1.807) is 6.07 Å². The van der Waals surface area contributed by atoms with Crippen LogP contribution in [0.4, 0.5) is 5.69 Å². The maximum Gasteiger partial charge on any atom is 0.224 e. The average Bonchev–Trinajstić information content (AvgIpc) is 2.96. The molecule has 0 aromatic heterocycles. The Hall–Kier alpha value is -0.540. The van der Waals surface area contributed by atoms with Crippen molar-refractivity contribution in [3.63, 3.8) is 0 Å². The van der Waals surface area contributed by atoms with Crippen molar-refractivity contribution in [2.45, 2.75) is 32.1 Å². The molecule has 0 radical (unpaired) electrons. The molecule has 2 aliphatic carbocycles. The third-order valence-corrected chi connectivity index (χ3v) is 5.77. The van der Waals surface area contributed by atoms with Gasteiger partial charge in [-0.3, -0.25) is 4.79 Å². The zero-order valence-corrected chi connectivity index (χ0v) is 13.0. The van der Waals surface area contributed by atoms with E-state index < -0.39 is 0 Å². The van der Waals surface area contributed by atoms with E-state index in [1.807, 2.05) is 12.1 Å². The molecule has 19 heavy (non-hydrogen) atoms. The summed E-state index contributed by atoms with van der Waals surface area (Å²) >= 11 is 9.36. The highest BCUT2D eigenvalue weighted by Gasteiger charge is 2.40. The molecule has 102 valence electrons. The first-order valence-corrected chi connectivity index (χ1v) is 8.04. The highest BCUT2D eigenvalue weighted by molar-refractivity contribution is 9.10. The second-order valence-electron chi connectivity index (χ2n) is 5.82. The van der Waals surface area contributed by atoms with Crippen LogP contribution in [0.15, 0.2) is 22.7 Å². The van der Waals surface area contributed by atoms with E-state index in [4.69, 9.17) is 11.6 Å². The minimum absolute atomic E-state index is 0.121. The molecule has 1 aromatic carbocycles. The Balaban J connectivity index is 1.57. The fraction of sp³-hybridized carbons (Fsp3) is 0.533. The lowest BCUT2D eigenvalue weighted by atomic mass is 9.86. The van der Waals surface area contributed by atoms with Crippen LogP contribution >= 0.6 is 27.5 Å². The molecular weight excluding hydrogens is 326 g/mol. The molecule has 3 rings (SSSR count). The molecule has 0 saturated heterocycles. The van der Waals surface area contributed by atoms with Crippen molar-refractivity contribution in [1.82, 2.24) is 0 Å². The minimum atomic E-state index is 0.121. The predicted octanol–water partition coefficient (Wildman–Crippen LogP) is 4.87. The molecule has 2 bridgehead atoms. The number of carbonyl (C=O) groups is 1. The van der Waals surface area contributed by atoms with E-state index in [0.717, 1.165) is 22.0 Å². The van der Waals surface area contributed by atoms with Crippen molar-refractivity contribution in [1.29, 1.82) is 0 Å². The van der Waals surface area contributed by atoms with Crippen molar-refractivity contribution < 1.29 is 4.79 Å². The summed E-state index contributed by atoms with van der Waals surface area (Å²) < 4.78 is 0.847. The van der Waals surface area contributed by atoms with Gasteiger partial charge in [-0.25, -0.2) is 0 Å². The van der Waals surface area contributed by atoms with Crippen LogP contribution in [0.2, 0.25) is 5.02 Å². The molecule has 2 aliphatic rings. The number of carbonyl (C=O) groups excluding carboxylic acids is 1. The standard InChI is InChI=1S/C15H17BrClNO/c16-13-4-3-12(8-14(13)17)18-15(19)7-11-6-9-1-2-10(11)5-9/h3-4,8-11H,1-2,5-7H2,(H,18,19). The summed E-state index contributed by atoms with van der Waals surface area (Å²) in [6.07, 6.45) is 5.97. The van der Waals surface area contributed by atoms with Crippen molar-refractivity contribution in [2.75, 3.05) is 5.32 Å². The Kier molecular flexibility index (Phi) is 3.86. The number of rotatable bonds is 3. The normalized spacial score (nSPS) is 28.6. The lowest BCUT2D eigenvalue weighted by Gasteiger charge is -2.20. The molecule has 1 N–H and O–H groups in total. The highest BCUT2D eigenvalue weighted by atomic mass is 79.9. The van der Waals surface area contributed by atoms with Gasteiger partial charge in [0, 0.05) is 16.6 Å².